The van der Waals surface area contributed by atoms with Gasteiger partial charge in [-0.2, -0.15) is 5.26 Å². The minimum Gasteiger partial charge on any atom is -0.299 e. The fraction of sp³-hybridized carbons (Fsp3) is 0.588. The second kappa shape index (κ2) is 7.31. The Morgan fingerprint density at radius 3 is 2.11 bits per heavy atom. The molecule has 1 aromatic rings. The van der Waals surface area contributed by atoms with Gasteiger partial charge in [-0.1, -0.05) is 33.8 Å². The van der Waals surface area contributed by atoms with Crippen molar-refractivity contribution in [1.82, 2.24) is 4.90 Å². The molecule has 2 heteroatoms. The van der Waals surface area contributed by atoms with Gasteiger partial charge in [-0.3, -0.25) is 4.90 Å². The molecule has 0 amide bonds. The molecule has 0 saturated carbocycles. The summed E-state index contributed by atoms with van der Waals surface area (Å²) < 4.78 is 0. The maximum Gasteiger partial charge on any atom is 0.0991 e. The summed E-state index contributed by atoms with van der Waals surface area (Å²) in [6.45, 7) is 14.4. The van der Waals surface area contributed by atoms with E-state index in [9.17, 15) is 0 Å². The van der Waals surface area contributed by atoms with Gasteiger partial charge in [0.1, 0.15) is 0 Å². The molecule has 0 atom stereocenters. The van der Waals surface area contributed by atoms with Gasteiger partial charge in [-0.05, 0) is 42.0 Å². The maximum absolute atomic E-state index is 8.91. The molecule has 0 aromatic heterocycles. The summed E-state index contributed by atoms with van der Waals surface area (Å²) in [6.07, 6.45) is 0. The zero-order valence-corrected chi connectivity index (χ0v) is 12.9. The second-order valence-corrected chi connectivity index (χ2v) is 6.23. The first-order valence-electron chi connectivity index (χ1n) is 7.14. The normalized spacial score (nSPS) is 11.3. The molecule has 1 rings (SSSR count). The third kappa shape index (κ3) is 5.44. The zero-order chi connectivity index (χ0) is 14.4. The van der Waals surface area contributed by atoms with Crippen LogP contribution in [0.1, 0.15) is 44.4 Å². The summed E-state index contributed by atoms with van der Waals surface area (Å²) in [5.74, 6) is 1.36. The fourth-order valence-electron chi connectivity index (χ4n) is 2.42. The van der Waals surface area contributed by atoms with Crippen LogP contribution in [0.4, 0.5) is 0 Å². The van der Waals surface area contributed by atoms with Crippen molar-refractivity contribution >= 4 is 0 Å². The molecule has 0 fully saturated rings. The molecular weight excluding hydrogens is 232 g/mol. The lowest BCUT2D eigenvalue weighted by Gasteiger charge is -2.26. The highest BCUT2D eigenvalue weighted by atomic mass is 15.1. The Kier molecular flexibility index (Phi) is 6.05. The van der Waals surface area contributed by atoms with Crippen LogP contribution in [0.2, 0.25) is 0 Å². The van der Waals surface area contributed by atoms with Crippen molar-refractivity contribution in [2.24, 2.45) is 11.8 Å². The van der Waals surface area contributed by atoms with Crippen LogP contribution in [0.5, 0.6) is 0 Å². The highest BCUT2D eigenvalue weighted by Crippen LogP contribution is 2.15. The quantitative estimate of drug-likeness (QED) is 0.771. The maximum atomic E-state index is 8.91. The smallest absolute Gasteiger partial charge is 0.0991 e. The lowest BCUT2D eigenvalue weighted by atomic mass is 10.0. The summed E-state index contributed by atoms with van der Waals surface area (Å²) in [6, 6.07) is 8.20. The van der Waals surface area contributed by atoms with Gasteiger partial charge in [0.05, 0.1) is 11.6 Å². The molecule has 0 bridgehead atoms. The fourth-order valence-corrected chi connectivity index (χ4v) is 2.42. The van der Waals surface area contributed by atoms with Crippen LogP contribution >= 0.6 is 0 Å². The molecule has 0 N–H and O–H groups in total. The van der Waals surface area contributed by atoms with Crippen molar-refractivity contribution < 1.29 is 0 Å². The van der Waals surface area contributed by atoms with Crippen molar-refractivity contribution in [2.75, 3.05) is 13.1 Å². The Morgan fingerprint density at radius 1 is 1.11 bits per heavy atom. The Bertz CT molecular complexity index is 431. The molecule has 104 valence electrons. The molecular formula is C17H26N2. The van der Waals surface area contributed by atoms with Crippen molar-refractivity contribution in [3.63, 3.8) is 0 Å². The number of benzene rings is 1. The van der Waals surface area contributed by atoms with Gasteiger partial charge in [0.25, 0.3) is 0 Å². The van der Waals surface area contributed by atoms with E-state index in [2.05, 4.69) is 51.7 Å². The average Bonchev–Trinajstić information content (AvgIpc) is 2.30. The van der Waals surface area contributed by atoms with E-state index in [4.69, 9.17) is 5.26 Å². The average molecular weight is 258 g/mol. The van der Waals surface area contributed by atoms with Crippen LogP contribution in [0.3, 0.4) is 0 Å². The topological polar surface area (TPSA) is 27.0 Å². The van der Waals surface area contributed by atoms with E-state index in [1.165, 1.54) is 11.1 Å². The number of aryl methyl sites for hydroxylation is 1. The highest BCUT2D eigenvalue weighted by Gasteiger charge is 2.11. The molecule has 0 aliphatic carbocycles. The van der Waals surface area contributed by atoms with E-state index in [1.807, 2.05) is 12.1 Å². The molecule has 2 nitrogen and oxygen atoms in total. The van der Waals surface area contributed by atoms with Gasteiger partial charge < -0.3 is 0 Å². The van der Waals surface area contributed by atoms with Crippen molar-refractivity contribution in [3.8, 4) is 6.07 Å². The van der Waals surface area contributed by atoms with Gasteiger partial charge in [0.15, 0.2) is 0 Å². The molecule has 0 unspecified atom stereocenters. The monoisotopic (exact) mass is 258 g/mol. The minimum absolute atomic E-state index is 0.678. The first kappa shape index (κ1) is 15.7. The number of hydrogen-bond donors (Lipinski definition) is 0. The van der Waals surface area contributed by atoms with E-state index >= 15 is 0 Å². The largest absolute Gasteiger partial charge is 0.299 e. The van der Waals surface area contributed by atoms with Crippen molar-refractivity contribution in [1.29, 1.82) is 5.26 Å². The number of rotatable bonds is 6. The van der Waals surface area contributed by atoms with E-state index < -0.39 is 0 Å². The van der Waals surface area contributed by atoms with Crippen LogP contribution in [-0.2, 0) is 6.54 Å². The van der Waals surface area contributed by atoms with E-state index in [1.54, 1.807) is 0 Å². The Labute approximate surface area is 118 Å². The van der Waals surface area contributed by atoms with E-state index in [-0.39, 0.29) is 0 Å². The minimum atomic E-state index is 0.678. The first-order chi connectivity index (χ1) is 8.92. The summed E-state index contributed by atoms with van der Waals surface area (Å²) >= 11 is 0. The van der Waals surface area contributed by atoms with Gasteiger partial charge in [0, 0.05) is 19.6 Å². The van der Waals surface area contributed by atoms with Crippen LogP contribution in [0.15, 0.2) is 18.2 Å². The van der Waals surface area contributed by atoms with Gasteiger partial charge in [-0.25, -0.2) is 0 Å². The number of nitriles is 1. The van der Waals surface area contributed by atoms with Crippen LogP contribution in [0.25, 0.3) is 0 Å². The molecule has 0 spiro atoms. The number of nitrogens with zero attached hydrogens (tertiary/aromatic N) is 2. The first-order valence-corrected chi connectivity index (χ1v) is 7.14. The molecule has 0 aliphatic rings. The van der Waals surface area contributed by atoms with Gasteiger partial charge >= 0.3 is 0 Å². The van der Waals surface area contributed by atoms with Gasteiger partial charge in [-0.15, -0.1) is 0 Å². The van der Waals surface area contributed by atoms with Crippen LogP contribution < -0.4 is 0 Å². The van der Waals surface area contributed by atoms with Crippen LogP contribution in [-0.4, -0.2) is 18.0 Å². The summed E-state index contributed by atoms with van der Waals surface area (Å²) in [5.41, 5.74) is 3.30. The molecule has 1 aromatic carbocycles. The van der Waals surface area contributed by atoms with Crippen LogP contribution in [0, 0.1) is 30.1 Å². The van der Waals surface area contributed by atoms with E-state index in [0.717, 1.165) is 25.2 Å². The van der Waals surface area contributed by atoms with Gasteiger partial charge in [0.2, 0.25) is 0 Å². The molecule has 19 heavy (non-hydrogen) atoms. The summed E-state index contributed by atoms with van der Waals surface area (Å²) in [4.78, 5) is 2.52. The Hall–Kier alpha value is -1.33. The zero-order valence-electron chi connectivity index (χ0n) is 12.9. The van der Waals surface area contributed by atoms with E-state index in [0.29, 0.717) is 11.8 Å². The second-order valence-electron chi connectivity index (χ2n) is 6.23. The Balaban J connectivity index is 2.81. The summed E-state index contributed by atoms with van der Waals surface area (Å²) in [5, 5.41) is 8.91. The van der Waals surface area contributed by atoms with Crippen molar-refractivity contribution in [3.05, 3.63) is 34.9 Å². The lowest BCUT2D eigenvalue weighted by Crippen LogP contribution is -2.31. The lowest BCUT2D eigenvalue weighted by molar-refractivity contribution is 0.211. The molecule has 0 heterocycles. The molecule has 0 aliphatic heterocycles. The Morgan fingerprint density at radius 2 is 1.68 bits per heavy atom. The predicted octanol–water partition coefficient (Wildman–Crippen LogP) is 3.98. The van der Waals surface area contributed by atoms with Crippen molar-refractivity contribution in [2.45, 2.75) is 41.2 Å². The standard InChI is InChI=1S/C17H26N2/c1-13(2)10-19(11-14(3)4)12-17-7-6-16(9-18)8-15(17)5/h6-8,13-14H,10-12H2,1-5H3. The SMILES string of the molecule is Cc1cc(C#N)ccc1CN(CC(C)C)CC(C)C. The third-order valence-corrected chi connectivity index (χ3v) is 3.11. The molecule has 0 saturated heterocycles. The summed E-state index contributed by atoms with van der Waals surface area (Å²) in [7, 11) is 0. The number of hydrogen-bond acceptors (Lipinski definition) is 2. The predicted molar refractivity (Wildman–Crippen MR) is 80.8 cm³/mol. The highest BCUT2D eigenvalue weighted by molar-refractivity contribution is 5.37. The molecule has 0 radical (unpaired) electrons. The third-order valence-electron chi connectivity index (χ3n) is 3.11.